The summed E-state index contributed by atoms with van der Waals surface area (Å²) in [6.45, 7) is 0. The van der Waals surface area contributed by atoms with Gasteiger partial charge < -0.3 is 5.32 Å². The fourth-order valence-corrected chi connectivity index (χ4v) is 2.29. The van der Waals surface area contributed by atoms with Crippen LogP contribution in [0, 0.1) is 5.82 Å². The zero-order chi connectivity index (χ0) is 16.9. The van der Waals surface area contributed by atoms with Crippen molar-refractivity contribution in [2.45, 2.75) is 6.42 Å². The Hall–Kier alpha value is -2.67. The van der Waals surface area contributed by atoms with Crippen molar-refractivity contribution in [2.75, 3.05) is 5.32 Å². The van der Waals surface area contributed by atoms with Gasteiger partial charge in [-0.25, -0.2) is 19.3 Å². The molecular formula is C17H12BrFN4O. The Bertz CT molecular complexity index is 853. The van der Waals surface area contributed by atoms with Crippen molar-refractivity contribution in [3.05, 3.63) is 82.2 Å². The summed E-state index contributed by atoms with van der Waals surface area (Å²) in [6, 6.07) is 9.93. The maximum atomic E-state index is 13.2. The lowest BCUT2D eigenvalue weighted by Gasteiger charge is -2.05. The van der Waals surface area contributed by atoms with E-state index >= 15 is 0 Å². The fourth-order valence-electron chi connectivity index (χ4n) is 2.09. The maximum Gasteiger partial charge on any atom is 0.294 e. The highest BCUT2D eigenvalue weighted by Gasteiger charge is 2.10. The number of carbonyl (C=O) groups excluding carboxylic acids is 1. The van der Waals surface area contributed by atoms with Gasteiger partial charge in [0.25, 0.3) is 5.91 Å². The van der Waals surface area contributed by atoms with Crippen molar-refractivity contribution in [1.29, 1.82) is 0 Å². The molecule has 0 atom stereocenters. The molecule has 0 aliphatic heterocycles. The second-order valence-corrected chi connectivity index (χ2v) is 5.95. The van der Waals surface area contributed by atoms with Crippen LogP contribution in [0.25, 0.3) is 0 Å². The average molecular weight is 387 g/mol. The number of benzene rings is 1. The molecule has 0 spiro atoms. The molecule has 0 radical (unpaired) electrons. The van der Waals surface area contributed by atoms with Crippen molar-refractivity contribution in [1.82, 2.24) is 15.0 Å². The standard InChI is InChI=1S/C17H12BrFN4O/c18-13-9-21-16(22-10-13)17(24)23-15-5-4-12(8-20-15)6-11-2-1-3-14(19)7-11/h1-5,7-10H,6H2,(H,20,23,24). The molecule has 7 heteroatoms. The maximum absolute atomic E-state index is 13.2. The Labute approximate surface area is 146 Å². The number of anilines is 1. The van der Waals surface area contributed by atoms with Crippen LogP contribution < -0.4 is 5.32 Å². The van der Waals surface area contributed by atoms with Gasteiger partial charge >= 0.3 is 0 Å². The molecule has 120 valence electrons. The third-order valence-electron chi connectivity index (χ3n) is 3.19. The summed E-state index contributed by atoms with van der Waals surface area (Å²) < 4.78 is 13.9. The molecular weight excluding hydrogens is 375 g/mol. The Kier molecular flexibility index (Phi) is 4.90. The SMILES string of the molecule is O=C(Nc1ccc(Cc2cccc(F)c2)cn1)c1ncc(Br)cn1. The fraction of sp³-hybridized carbons (Fsp3) is 0.0588. The second-order valence-electron chi connectivity index (χ2n) is 5.04. The molecule has 0 saturated carbocycles. The van der Waals surface area contributed by atoms with Gasteiger partial charge in [0, 0.05) is 18.6 Å². The summed E-state index contributed by atoms with van der Waals surface area (Å²) >= 11 is 3.21. The van der Waals surface area contributed by atoms with Gasteiger partial charge in [-0.3, -0.25) is 4.79 Å². The Morgan fingerprint density at radius 2 is 1.83 bits per heavy atom. The van der Waals surface area contributed by atoms with Crippen LogP contribution in [0.4, 0.5) is 10.2 Å². The molecule has 0 saturated heterocycles. The van der Waals surface area contributed by atoms with E-state index in [0.717, 1.165) is 11.1 Å². The summed E-state index contributed by atoms with van der Waals surface area (Å²) in [5, 5.41) is 2.63. The zero-order valence-corrected chi connectivity index (χ0v) is 14.0. The topological polar surface area (TPSA) is 67.8 Å². The van der Waals surface area contributed by atoms with Gasteiger partial charge in [0.1, 0.15) is 11.6 Å². The monoisotopic (exact) mass is 386 g/mol. The number of aromatic nitrogens is 3. The van der Waals surface area contributed by atoms with E-state index in [-0.39, 0.29) is 11.6 Å². The Morgan fingerprint density at radius 1 is 1.04 bits per heavy atom. The van der Waals surface area contributed by atoms with Crippen molar-refractivity contribution < 1.29 is 9.18 Å². The number of nitrogens with zero attached hydrogens (tertiary/aromatic N) is 3. The van der Waals surface area contributed by atoms with Gasteiger partial charge in [-0.2, -0.15) is 0 Å². The number of carbonyl (C=O) groups is 1. The summed E-state index contributed by atoms with van der Waals surface area (Å²) in [4.78, 5) is 24.0. The smallest absolute Gasteiger partial charge is 0.294 e. The van der Waals surface area contributed by atoms with Crippen LogP contribution in [0.3, 0.4) is 0 Å². The molecule has 0 fully saturated rings. The molecule has 0 unspecified atom stereocenters. The minimum atomic E-state index is -0.437. The lowest BCUT2D eigenvalue weighted by molar-refractivity contribution is 0.101. The Balaban J connectivity index is 1.66. The number of amides is 1. The van der Waals surface area contributed by atoms with Crippen molar-refractivity contribution in [3.8, 4) is 0 Å². The van der Waals surface area contributed by atoms with E-state index in [4.69, 9.17) is 0 Å². The average Bonchev–Trinajstić information content (AvgIpc) is 2.57. The number of pyridine rings is 1. The molecule has 24 heavy (non-hydrogen) atoms. The van der Waals surface area contributed by atoms with Crippen LogP contribution in [-0.4, -0.2) is 20.9 Å². The largest absolute Gasteiger partial charge is 0.304 e. The molecule has 2 aromatic heterocycles. The van der Waals surface area contributed by atoms with E-state index in [0.29, 0.717) is 16.7 Å². The summed E-state index contributed by atoms with van der Waals surface area (Å²) in [7, 11) is 0. The predicted molar refractivity (Wildman–Crippen MR) is 91.1 cm³/mol. The molecule has 3 aromatic rings. The van der Waals surface area contributed by atoms with Crippen molar-refractivity contribution in [3.63, 3.8) is 0 Å². The highest BCUT2D eigenvalue weighted by molar-refractivity contribution is 9.10. The number of nitrogens with one attached hydrogen (secondary N) is 1. The van der Waals surface area contributed by atoms with Crippen LogP contribution >= 0.6 is 15.9 Å². The summed E-state index contributed by atoms with van der Waals surface area (Å²) in [5.41, 5.74) is 1.77. The molecule has 2 heterocycles. The van der Waals surface area contributed by atoms with Crippen LogP contribution in [0.2, 0.25) is 0 Å². The first kappa shape index (κ1) is 16.2. The van der Waals surface area contributed by atoms with E-state index in [9.17, 15) is 9.18 Å². The van der Waals surface area contributed by atoms with Gasteiger partial charge in [-0.1, -0.05) is 18.2 Å². The summed E-state index contributed by atoms with van der Waals surface area (Å²) in [5.74, 6) is -0.245. The van der Waals surface area contributed by atoms with E-state index in [1.54, 1.807) is 18.3 Å². The molecule has 5 nitrogen and oxygen atoms in total. The minimum Gasteiger partial charge on any atom is -0.304 e. The number of hydrogen-bond donors (Lipinski definition) is 1. The van der Waals surface area contributed by atoms with Crippen LogP contribution in [0.5, 0.6) is 0 Å². The van der Waals surface area contributed by atoms with Gasteiger partial charge in [0.15, 0.2) is 0 Å². The molecule has 1 amide bonds. The molecule has 0 aliphatic rings. The first-order valence-corrected chi connectivity index (χ1v) is 7.88. The highest BCUT2D eigenvalue weighted by atomic mass is 79.9. The predicted octanol–water partition coefficient (Wildman–Crippen LogP) is 3.62. The first-order valence-electron chi connectivity index (χ1n) is 7.08. The van der Waals surface area contributed by atoms with Crippen LogP contribution in [0.1, 0.15) is 21.7 Å². The van der Waals surface area contributed by atoms with E-state index in [2.05, 4.69) is 36.2 Å². The quantitative estimate of drug-likeness (QED) is 0.743. The Morgan fingerprint density at radius 3 is 2.50 bits per heavy atom. The summed E-state index contributed by atoms with van der Waals surface area (Å²) in [6.07, 6.45) is 5.20. The van der Waals surface area contributed by atoms with Gasteiger partial charge in [0.2, 0.25) is 5.82 Å². The zero-order valence-electron chi connectivity index (χ0n) is 12.4. The number of halogens is 2. The highest BCUT2D eigenvalue weighted by Crippen LogP contribution is 2.13. The van der Waals surface area contributed by atoms with E-state index in [1.807, 2.05) is 12.1 Å². The molecule has 0 bridgehead atoms. The lowest BCUT2D eigenvalue weighted by atomic mass is 10.1. The third kappa shape index (κ3) is 4.20. The van der Waals surface area contributed by atoms with Gasteiger partial charge in [-0.15, -0.1) is 0 Å². The first-order chi connectivity index (χ1) is 11.6. The molecule has 1 aromatic carbocycles. The third-order valence-corrected chi connectivity index (χ3v) is 3.60. The number of hydrogen-bond acceptors (Lipinski definition) is 4. The minimum absolute atomic E-state index is 0.0591. The lowest BCUT2D eigenvalue weighted by Crippen LogP contribution is -2.16. The van der Waals surface area contributed by atoms with Crippen molar-refractivity contribution in [2.24, 2.45) is 0 Å². The van der Waals surface area contributed by atoms with E-state index in [1.165, 1.54) is 24.5 Å². The van der Waals surface area contributed by atoms with Gasteiger partial charge in [0.05, 0.1) is 4.47 Å². The normalized spacial score (nSPS) is 10.4. The molecule has 1 N–H and O–H groups in total. The van der Waals surface area contributed by atoms with E-state index < -0.39 is 5.91 Å². The molecule has 0 aliphatic carbocycles. The molecule has 3 rings (SSSR count). The van der Waals surface area contributed by atoms with Gasteiger partial charge in [-0.05, 0) is 51.7 Å². The van der Waals surface area contributed by atoms with Crippen LogP contribution in [0.15, 0.2) is 59.5 Å². The number of rotatable bonds is 4. The van der Waals surface area contributed by atoms with Crippen LogP contribution in [-0.2, 0) is 6.42 Å². The van der Waals surface area contributed by atoms with Crippen molar-refractivity contribution >= 4 is 27.7 Å². The second kappa shape index (κ2) is 7.27.